The van der Waals surface area contributed by atoms with Gasteiger partial charge in [-0.15, -0.1) is 5.11 Å². The van der Waals surface area contributed by atoms with E-state index in [9.17, 15) is 19.2 Å². The number of amidine groups is 1. The van der Waals surface area contributed by atoms with Crippen molar-refractivity contribution in [3.63, 3.8) is 0 Å². The van der Waals surface area contributed by atoms with Crippen LogP contribution in [-0.4, -0.2) is 40.7 Å². The highest BCUT2D eigenvalue weighted by molar-refractivity contribution is 6.01. The molecule has 0 spiro atoms. The van der Waals surface area contributed by atoms with E-state index in [4.69, 9.17) is 5.73 Å². The van der Waals surface area contributed by atoms with E-state index in [1.807, 2.05) is 24.3 Å². The molecule has 1 aliphatic heterocycles. The molecule has 11 heteroatoms. The Morgan fingerprint density at radius 2 is 1.68 bits per heavy atom. The summed E-state index contributed by atoms with van der Waals surface area (Å²) in [5, 5.41) is 10.8. The fourth-order valence-electron chi connectivity index (χ4n) is 5.44. The van der Waals surface area contributed by atoms with Crippen LogP contribution in [0.5, 0.6) is 0 Å². The monoisotopic (exact) mass is 555 g/mol. The van der Waals surface area contributed by atoms with Gasteiger partial charge in [0.15, 0.2) is 12.5 Å². The summed E-state index contributed by atoms with van der Waals surface area (Å²) in [4.78, 5) is 59.3. The molecule has 5 rings (SSSR count). The van der Waals surface area contributed by atoms with Crippen LogP contribution in [0.15, 0.2) is 79.5 Å². The number of Topliss-reactive ketones (excluding diaryl/α,β-unsaturated/α-hetero) is 1. The molecule has 1 aliphatic carbocycles. The number of nitrogens with two attached hydrogens (primary N) is 1. The Kier molecular flexibility index (Phi) is 8.73. The van der Waals surface area contributed by atoms with Crippen molar-refractivity contribution in [1.29, 1.82) is 0 Å². The predicted molar refractivity (Wildman–Crippen MR) is 156 cm³/mol. The lowest BCUT2D eigenvalue weighted by Gasteiger charge is -2.27. The molecule has 1 fully saturated rings. The maximum absolute atomic E-state index is 13.5. The minimum Gasteiger partial charge on any atom is -0.330 e. The third-order valence-corrected chi connectivity index (χ3v) is 7.88. The number of benzene rings is 2. The first-order chi connectivity index (χ1) is 19.9. The summed E-state index contributed by atoms with van der Waals surface area (Å²) in [6.07, 6.45) is 5.35. The van der Waals surface area contributed by atoms with E-state index in [2.05, 4.69) is 30.5 Å². The molecule has 1 saturated carbocycles. The first kappa shape index (κ1) is 28.0. The third kappa shape index (κ3) is 6.98. The fourth-order valence-corrected chi connectivity index (χ4v) is 5.44. The van der Waals surface area contributed by atoms with Gasteiger partial charge in [-0.3, -0.25) is 19.4 Å². The summed E-state index contributed by atoms with van der Waals surface area (Å²) >= 11 is 0. The van der Waals surface area contributed by atoms with Crippen molar-refractivity contribution in [2.75, 3.05) is 18.5 Å². The maximum Gasteiger partial charge on any atom is 0.325 e. The number of hydrogen-bond donors (Lipinski definition) is 4. The van der Waals surface area contributed by atoms with E-state index in [1.165, 1.54) is 6.20 Å². The average Bonchev–Trinajstić information content (AvgIpc) is 3.53. The SMILES string of the molecule is NCC1CCC(C(=O)C[C@@H](Cc2ccc(-c3c[nH]c(=O)[nH]c3=O)cc2)C(=O)Nc2ccc(C3=NCN=N3)cc2)CC1. The van der Waals surface area contributed by atoms with Gasteiger partial charge in [0.05, 0.1) is 5.56 Å². The third-order valence-electron chi connectivity index (χ3n) is 7.88. The number of anilines is 1. The van der Waals surface area contributed by atoms with Crippen molar-refractivity contribution in [2.24, 2.45) is 38.7 Å². The first-order valence-corrected chi connectivity index (χ1v) is 13.9. The lowest BCUT2D eigenvalue weighted by molar-refractivity contribution is -0.129. The quantitative estimate of drug-likeness (QED) is 0.299. The maximum atomic E-state index is 13.5. The zero-order valence-corrected chi connectivity index (χ0v) is 22.6. The van der Waals surface area contributed by atoms with Gasteiger partial charge in [-0.25, -0.2) is 9.79 Å². The van der Waals surface area contributed by atoms with Gasteiger partial charge in [0.25, 0.3) is 5.56 Å². The van der Waals surface area contributed by atoms with Crippen molar-refractivity contribution in [2.45, 2.75) is 38.5 Å². The minimum atomic E-state index is -0.579. The summed E-state index contributed by atoms with van der Waals surface area (Å²) in [6, 6.07) is 14.4. The number of aromatic amines is 2. The zero-order chi connectivity index (χ0) is 28.8. The molecular formula is C30H33N7O4. The van der Waals surface area contributed by atoms with Crippen molar-refractivity contribution in [1.82, 2.24) is 9.97 Å². The molecule has 212 valence electrons. The van der Waals surface area contributed by atoms with Crippen LogP contribution in [0.25, 0.3) is 11.1 Å². The second-order valence-electron chi connectivity index (χ2n) is 10.6. The zero-order valence-electron chi connectivity index (χ0n) is 22.6. The largest absolute Gasteiger partial charge is 0.330 e. The Morgan fingerprint density at radius 3 is 2.32 bits per heavy atom. The van der Waals surface area contributed by atoms with Crippen LogP contribution in [0.2, 0.25) is 0 Å². The van der Waals surface area contributed by atoms with Crippen LogP contribution >= 0.6 is 0 Å². The second kappa shape index (κ2) is 12.8. The molecule has 2 aromatic carbocycles. The van der Waals surface area contributed by atoms with Gasteiger partial charge in [0, 0.05) is 35.7 Å². The number of carbonyl (C=O) groups is 2. The number of aromatic nitrogens is 2. The molecule has 41 heavy (non-hydrogen) atoms. The Bertz CT molecular complexity index is 1560. The summed E-state index contributed by atoms with van der Waals surface area (Å²) in [7, 11) is 0. The number of aliphatic imine (C=N–C) groups is 1. The number of ketones is 1. The Balaban J connectivity index is 1.31. The number of H-pyrrole nitrogens is 2. The first-order valence-electron chi connectivity index (χ1n) is 13.9. The number of amides is 1. The standard InChI is InChI=1S/C30H33N7O4/c31-15-19-3-7-21(8-4-19)26(38)14-23(28(39)35-24-11-9-22(10-12-24)27-33-17-34-37-27)13-18-1-5-20(6-2-18)25-16-32-30(41)36-29(25)40/h1-2,5-6,9-12,16,19,21,23H,3-4,7-8,13-15,17,31H2,(H,35,39)(H2,32,36,40,41)/t19?,21?,23-/m1/s1. The van der Waals surface area contributed by atoms with Crippen molar-refractivity contribution in [3.05, 3.63) is 86.7 Å². The second-order valence-corrected chi connectivity index (χ2v) is 10.6. The van der Waals surface area contributed by atoms with Crippen molar-refractivity contribution >= 4 is 23.2 Å². The lowest BCUT2D eigenvalue weighted by Crippen LogP contribution is -2.31. The van der Waals surface area contributed by atoms with Crippen molar-refractivity contribution in [3.8, 4) is 11.1 Å². The summed E-state index contributed by atoms with van der Waals surface area (Å²) in [6.45, 7) is 0.960. The summed E-state index contributed by atoms with van der Waals surface area (Å²) in [5.41, 5.74) is 8.01. The molecular weight excluding hydrogens is 522 g/mol. The Hall–Kier alpha value is -4.51. The molecule has 2 aliphatic rings. The molecule has 1 aromatic heterocycles. The van der Waals surface area contributed by atoms with Crippen molar-refractivity contribution < 1.29 is 9.59 Å². The highest BCUT2D eigenvalue weighted by Gasteiger charge is 2.30. The van der Waals surface area contributed by atoms with Gasteiger partial charge >= 0.3 is 5.69 Å². The summed E-state index contributed by atoms with van der Waals surface area (Å²) < 4.78 is 0. The number of nitrogens with zero attached hydrogens (tertiary/aromatic N) is 3. The molecule has 0 radical (unpaired) electrons. The molecule has 3 aromatic rings. The highest BCUT2D eigenvalue weighted by atomic mass is 16.2. The normalized spacial score (nSPS) is 19.0. The van der Waals surface area contributed by atoms with Gasteiger partial charge < -0.3 is 16.0 Å². The van der Waals surface area contributed by atoms with E-state index in [0.29, 0.717) is 48.2 Å². The smallest absolute Gasteiger partial charge is 0.325 e. The fraction of sp³-hybridized carbons (Fsp3) is 0.367. The van der Waals surface area contributed by atoms with E-state index < -0.39 is 17.2 Å². The topological polar surface area (TPSA) is 175 Å². The molecule has 5 N–H and O–H groups in total. The Morgan fingerprint density at radius 1 is 0.976 bits per heavy atom. The van der Waals surface area contributed by atoms with E-state index in [-0.39, 0.29) is 24.0 Å². The van der Waals surface area contributed by atoms with E-state index >= 15 is 0 Å². The number of rotatable bonds is 10. The molecule has 2 heterocycles. The van der Waals surface area contributed by atoms with Crippen LogP contribution in [0.1, 0.15) is 43.2 Å². The van der Waals surface area contributed by atoms with Gasteiger partial charge in [-0.2, -0.15) is 5.11 Å². The number of nitrogens with one attached hydrogen (secondary N) is 3. The molecule has 0 bridgehead atoms. The number of carbonyl (C=O) groups excluding carboxylic acids is 2. The molecule has 0 saturated heterocycles. The van der Waals surface area contributed by atoms with Crippen LogP contribution in [0.3, 0.4) is 0 Å². The van der Waals surface area contributed by atoms with Crippen LogP contribution in [0.4, 0.5) is 5.69 Å². The van der Waals surface area contributed by atoms with Crippen LogP contribution < -0.4 is 22.3 Å². The average molecular weight is 556 g/mol. The van der Waals surface area contributed by atoms with Crippen LogP contribution in [0, 0.1) is 17.8 Å². The van der Waals surface area contributed by atoms with Gasteiger partial charge in [0.2, 0.25) is 5.91 Å². The van der Waals surface area contributed by atoms with Crippen LogP contribution in [-0.2, 0) is 16.0 Å². The molecule has 0 unspecified atom stereocenters. The van der Waals surface area contributed by atoms with Gasteiger partial charge in [-0.05, 0) is 80.0 Å². The molecule has 1 atom stereocenters. The molecule has 11 nitrogen and oxygen atoms in total. The highest BCUT2D eigenvalue weighted by Crippen LogP contribution is 2.31. The summed E-state index contributed by atoms with van der Waals surface area (Å²) in [5.74, 6) is 0.263. The minimum absolute atomic E-state index is 0.0527. The molecule has 1 amide bonds. The Labute approximate surface area is 236 Å². The van der Waals surface area contributed by atoms with E-state index in [1.54, 1.807) is 24.3 Å². The number of hydrogen-bond acceptors (Lipinski definition) is 8. The lowest BCUT2D eigenvalue weighted by atomic mass is 9.77. The van der Waals surface area contributed by atoms with Gasteiger partial charge in [-0.1, -0.05) is 24.3 Å². The van der Waals surface area contributed by atoms with Gasteiger partial charge in [0.1, 0.15) is 5.78 Å². The number of azo groups is 1. The van der Waals surface area contributed by atoms with E-state index in [0.717, 1.165) is 36.8 Å². The predicted octanol–water partition coefficient (Wildman–Crippen LogP) is 3.42.